The number of carbonyl (C=O) groups excluding carboxylic acids is 1. The molecule has 0 fully saturated rings. The Morgan fingerprint density at radius 3 is 2.82 bits per heavy atom. The number of nitrogens with two attached hydrogens (primary N) is 1. The van der Waals surface area contributed by atoms with E-state index in [9.17, 15) is 4.79 Å². The first kappa shape index (κ1) is 13.3. The van der Waals surface area contributed by atoms with Gasteiger partial charge < -0.3 is 20.3 Å². The lowest BCUT2D eigenvalue weighted by atomic mass is 10.2. The third kappa shape index (κ3) is 3.96. The summed E-state index contributed by atoms with van der Waals surface area (Å²) in [6, 6.07) is 4.76. The molecule has 1 rings (SSSR count). The van der Waals surface area contributed by atoms with E-state index < -0.39 is 12.1 Å². The van der Waals surface area contributed by atoms with Crippen LogP contribution in [0.1, 0.15) is 23.7 Å². The van der Waals surface area contributed by atoms with Crippen LogP contribution in [0.2, 0.25) is 0 Å². The molecule has 94 valence electrons. The van der Waals surface area contributed by atoms with Gasteiger partial charge in [0.25, 0.3) is 0 Å². The summed E-state index contributed by atoms with van der Waals surface area (Å²) in [6.07, 6.45) is 0.0516. The molecule has 0 spiro atoms. The van der Waals surface area contributed by atoms with Gasteiger partial charge in [-0.25, -0.2) is 4.79 Å². The minimum Gasteiger partial charge on any atom is -0.493 e. The molecule has 3 N–H and O–H groups in total. The van der Waals surface area contributed by atoms with Crippen molar-refractivity contribution in [1.29, 1.82) is 0 Å². The first-order valence-electron chi connectivity index (χ1n) is 5.33. The van der Waals surface area contributed by atoms with Crippen LogP contribution in [0.3, 0.4) is 0 Å². The predicted molar refractivity (Wildman–Crippen MR) is 64.0 cm³/mol. The average Bonchev–Trinajstić information content (AvgIpc) is 2.29. The molecule has 5 heteroatoms. The molecule has 0 amide bonds. The fraction of sp³-hybridized carbons (Fsp3) is 0.417. The minimum atomic E-state index is -0.496. The lowest BCUT2D eigenvalue weighted by Gasteiger charge is -2.11. The fourth-order valence-corrected chi connectivity index (χ4v) is 1.28. The van der Waals surface area contributed by atoms with E-state index in [0.717, 1.165) is 0 Å². The molecule has 1 unspecified atom stereocenters. The molecule has 1 aromatic carbocycles. The van der Waals surface area contributed by atoms with Gasteiger partial charge in [-0.1, -0.05) is 0 Å². The van der Waals surface area contributed by atoms with Crippen molar-refractivity contribution in [2.24, 2.45) is 0 Å². The number of aliphatic hydroxyl groups excluding tert-OH is 1. The van der Waals surface area contributed by atoms with Crippen LogP contribution in [0.15, 0.2) is 18.2 Å². The molecule has 1 aromatic rings. The summed E-state index contributed by atoms with van der Waals surface area (Å²) in [4.78, 5) is 11.5. The highest BCUT2D eigenvalue weighted by molar-refractivity contribution is 5.93. The molecule has 0 saturated carbocycles. The Morgan fingerprint density at radius 2 is 2.24 bits per heavy atom. The number of rotatable bonds is 5. The molecule has 0 heterocycles. The summed E-state index contributed by atoms with van der Waals surface area (Å²) >= 11 is 0. The van der Waals surface area contributed by atoms with Crippen LogP contribution in [0, 0.1) is 0 Å². The molecule has 17 heavy (non-hydrogen) atoms. The van der Waals surface area contributed by atoms with Gasteiger partial charge in [0.05, 0.1) is 19.8 Å². The largest absolute Gasteiger partial charge is 0.493 e. The summed E-state index contributed by atoms with van der Waals surface area (Å²) in [5, 5.41) is 9.11. The molecule has 0 bridgehead atoms. The topological polar surface area (TPSA) is 81.8 Å². The summed E-state index contributed by atoms with van der Waals surface area (Å²) in [6.45, 7) is 2.00. The first-order valence-corrected chi connectivity index (χ1v) is 5.33. The van der Waals surface area contributed by atoms with Gasteiger partial charge in [-0.15, -0.1) is 0 Å². The minimum absolute atomic E-state index is 0.290. The van der Waals surface area contributed by atoms with Crippen molar-refractivity contribution in [3.63, 3.8) is 0 Å². The molecule has 0 aliphatic rings. The zero-order chi connectivity index (χ0) is 12.8. The van der Waals surface area contributed by atoms with E-state index in [2.05, 4.69) is 4.74 Å². The summed E-state index contributed by atoms with van der Waals surface area (Å²) in [7, 11) is 1.30. The Bertz CT molecular complexity index is 390. The number of hydrogen-bond donors (Lipinski definition) is 2. The Hall–Kier alpha value is -1.75. The molecule has 0 aromatic heterocycles. The lowest BCUT2D eigenvalue weighted by Crippen LogP contribution is -2.11. The summed E-state index contributed by atoms with van der Waals surface area (Å²) in [5.74, 6) is -0.0870. The van der Waals surface area contributed by atoms with Crippen molar-refractivity contribution in [2.75, 3.05) is 19.5 Å². The number of anilines is 1. The number of nitrogen functional groups attached to an aromatic ring is 1. The fourth-order valence-electron chi connectivity index (χ4n) is 1.28. The summed E-state index contributed by atoms with van der Waals surface area (Å²) in [5.41, 5.74) is 6.35. The molecule has 5 nitrogen and oxygen atoms in total. The molecule has 1 atom stereocenters. The third-order valence-electron chi connectivity index (χ3n) is 2.20. The summed E-state index contributed by atoms with van der Waals surface area (Å²) < 4.78 is 10.0. The van der Waals surface area contributed by atoms with Gasteiger partial charge in [-0.3, -0.25) is 0 Å². The van der Waals surface area contributed by atoms with Crippen molar-refractivity contribution >= 4 is 11.7 Å². The van der Waals surface area contributed by atoms with Crippen LogP contribution >= 0.6 is 0 Å². The van der Waals surface area contributed by atoms with E-state index in [0.29, 0.717) is 24.5 Å². The average molecular weight is 239 g/mol. The number of aliphatic hydroxyl groups is 1. The molecule has 0 saturated heterocycles. The van der Waals surface area contributed by atoms with Crippen molar-refractivity contribution in [2.45, 2.75) is 19.4 Å². The monoisotopic (exact) mass is 239 g/mol. The Balaban J connectivity index is 2.79. The second-order valence-electron chi connectivity index (χ2n) is 3.73. The van der Waals surface area contributed by atoms with Gasteiger partial charge in [-0.2, -0.15) is 0 Å². The van der Waals surface area contributed by atoms with E-state index in [4.69, 9.17) is 15.6 Å². The van der Waals surface area contributed by atoms with Crippen LogP contribution in [-0.4, -0.2) is 30.9 Å². The SMILES string of the molecule is COC(=O)c1cc(N)ccc1OCCC(C)O. The van der Waals surface area contributed by atoms with E-state index in [1.54, 1.807) is 19.1 Å². The number of esters is 1. The molecule has 0 aliphatic carbocycles. The standard InChI is InChI=1S/C12H17NO4/c1-8(14)5-6-17-11-4-3-9(13)7-10(11)12(15)16-2/h3-4,7-8,14H,5-6,13H2,1-2H3. The van der Waals surface area contributed by atoms with E-state index in [1.165, 1.54) is 13.2 Å². The van der Waals surface area contributed by atoms with E-state index >= 15 is 0 Å². The van der Waals surface area contributed by atoms with Gasteiger partial charge in [-0.05, 0) is 25.1 Å². The van der Waals surface area contributed by atoms with Gasteiger partial charge in [0, 0.05) is 12.1 Å². The zero-order valence-corrected chi connectivity index (χ0v) is 9.97. The van der Waals surface area contributed by atoms with Crippen LogP contribution in [-0.2, 0) is 4.74 Å². The maximum atomic E-state index is 11.5. The normalized spacial score (nSPS) is 11.9. The predicted octanol–water partition coefficient (Wildman–Crippen LogP) is 1.21. The van der Waals surface area contributed by atoms with Gasteiger partial charge >= 0.3 is 5.97 Å². The third-order valence-corrected chi connectivity index (χ3v) is 2.20. The highest BCUT2D eigenvalue weighted by Gasteiger charge is 2.13. The molecular weight excluding hydrogens is 222 g/mol. The van der Waals surface area contributed by atoms with Crippen LogP contribution in [0.4, 0.5) is 5.69 Å². The Morgan fingerprint density at radius 1 is 1.53 bits per heavy atom. The molecular formula is C12H17NO4. The van der Waals surface area contributed by atoms with Crippen molar-refractivity contribution in [3.05, 3.63) is 23.8 Å². The first-order chi connectivity index (χ1) is 8.04. The Kier molecular flexibility index (Phi) is 4.78. The molecule has 0 aliphatic heterocycles. The van der Waals surface area contributed by atoms with Crippen molar-refractivity contribution in [3.8, 4) is 5.75 Å². The highest BCUT2D eigenvalue weighted by atomic mass is 16.5. The van der Waals surface area contributed by atoms with E-state index in [1.807, 2.05) is 0 Å². The number of methoxy groups -OCH3 is 1. The highest BCUT2D eigenvalue weighted by Crippen LogP contribution is 2.22. The number of benzene rings is 1. The van der Waals surface area contributed by atoms with E-state index in [-0.39, 0.29) is 5.56 Å². The smallest absolute Gasteiger partial charge is 0.341 e. The van der Waals surface area contributed by atoms with Gasteiger partial charge in [0.1, 0.15) is 11.3 Å². The van der Waals surface area contributed by atoms with Crippen molar-refractivity contribution < 1.29 is 19.4 Å². The van der Waals surface area contributed by atoms with Gasteiger partial charge in [0.2, 0.25) is 0 Å². The van der Waals surface area contributed by atoms with Crippen molar-refractivity contribution in [1.82, 2.24) is 0 Å². The maximum absolute atomic E-state index is 11.5. The second kappa shape index (κ2) is 6.10. The number of hydrogen-bond acceptors (Lipinski definition) is 5. The quantitative estimate of drug-likeness (QED) is 0.596. The maximum Gasteiger partial charge on any atom is 0.341 e. The van der Waals surface area contributed by atoms with Crippen LogP contribution in [0.25, 0.3) is 0 Å². The number of ether oxygens (including phenoxy) is 2. The zero-order valence-electron chi connectivity index (χ0n) is 9.97. The van der Waals surface area contributed by atoms with Gasteiger partial charge in [0.15, 0.2) is 0 Å². The molecule has 0 radical (unpaired) electrons. The lowest BCUT2D eigenvalue weighted by molar-refractivity contribution is 0.0595. The number of carbonyl (C=O) groups is 1. The van der Waals surface area contributed by atoms with Crippen LogP contribution < -0.4 is 10.5 Å². The second-order valence-corrected chi connectivity index (χ2v) is 3.73. The Labute approximate surface area is 100 Å². The van der Waals surface area contributed by atoms with Crippen LogP contribution in [0.5, 0.6) is 5.75 Å².